The second-order valence-corrected chi connectivity index (χ2v) is 10.4. The van der Waals surface area contributed by atoms with Crippen molar-refractivity contribution in [2.75, 3.05) is 27.3 Å². The highest BCUT2D eigenvalue weighted by molar-refractivity contribution is 7.10. The first-order valence-electron chi connectivity index (χ1n) is 12.6. The Morgan fingerprint density at radius 1 is 1.12 bits per heavy atom. The predicted octanol–water partition coefficient (Wildman–Crippen LogP) is 4.61. The number of rotatable bonds is 7. The van der Waals surface area contributed by atoms with E-state index in [9.17, 15) is 22.8 Å². The maximum Gasteiger partial charge on any atom is 0.417 e. The maximum atomic E-state index is 13.0. The van der Waals surface area contributed by atoms with Gasteiger partial charge in [0.05, 0.1) is 36.0 Å². The lowest BCUT2D eigenvalue weighted by Crippen LogP contribution is -2.41. The monoisotopic (exact) mass is 576 g/mol. The first-order valence-corrected chi connectivity index (χ1v) is 13.5. The van der Waals surface area contributed by atoms with Crippen LogP contribution in [0, 0.1) is 0 Å². The summed E-state index contributed by atoms with van der Waals surface area (Å²) in [4.78, 5) is 36.9. The largest absolute Gasteiger partial charge is 0.496 e. The van der Waals surface area contributed by atoms with Gasteiger partial charge in [-0.25, -0.2) is 4.98 Å². The normalized spacial score (nSPS) is 17.9. The Balaban J connectivity index is 1.19. The summed E-state index contributed by atoms with van der Waals surface area (Å²) >= 11 is 1.52. The zero-order valence-corrected chi connectivity index (χ0v) is 22.6. The van der Waals surface area contributed by atoms with E-state index in [1.807, 2.05) is 23.6 Å². The summed E-state index contributed by atoms with van der Waals surface area (Å²) in [5, 5.41) is 7.14. The van der Waals surface area contributed by atoms with Crippen molar-refractivity contribution in [2.24, 2.45) is 5.16 Å². The summed E-state index contributed by atoms with van der Waals surface area (Å²) < 4.78 is 50.8. The van der Waals surface area contributed by atoms with E-state index in [0.717, 1.165) is 38.7 Å². The number of halogens is 3. The van der Waals surface area contributed by atoms with Gasteiger partial charge in [0.15, 0.2) is 6.10 Å². The van der Waals surface area contributed by atoms with E-state index >= 15 is 0 Å². The summed E-state index contributed by atoms with van der Waals surface area (Å²) in [5.41, 5.74) is 0.616. The molecule has 13 heteroatoms. The molecule has 9 nitrogen and oxygen atoms in total. The fourth-order valence-electron chi connectivity index (χ4n) is 4.93. The number of thiazole rings is 1. The predicted molar refractivity (Wildman–Crippen MR) is 141 cm³/mol. The van der Waals surface area contributed by atoms with Crippen molar-refractivity contribution in [3.05, 3.63) is 74.1 Å². The van der Waals surface area contributed by atoms with Crippen LogP contribution < -0.4 is 15.0 Å². The second-order valence-electron chi connectivity index (χ2n) is 9.52. The van der Waals surface area contributed by atoms with Gasteiger partial charge in [-0.3, -0.25) is 9.59 Å². The first kappa shape index (κ1) is 27.7. The molecule has 2 aromatic heterocycles. The van der Waals surface area contributed by atoms with Crippen LogP contribution in [-0.2, 0) is 22.4 Å². The number of pyridine rings is 1. The van der Waals surface area contributed by atoms with E-state index in [4.69, 9.17) is 19.3 Å². The molecule has 0 spiro atoms. The number of likely N-dealkylation sites (tertiary alicyclic amines) is 1. The Morgan fingerprint density at radius 3 is 2.48 bits per heavy atom. The van der Waals surface area contributed by atoms with Gasteiger partial charge in [0.1, 0.15) is 23.8 Å². The lowest BCUT2D eigenvalue weighted by atomic mass is 9.97. The van der Waals surface area contributed by atoms with Gasteiger partial charge in [0.2, 0.25) is 5.91 Å². The third-order valence-corrected chi connectivity index (χ3v) is 8.09. The van der Waals surface area contributed by atoms with Crippen LogP contribution in [0.5, 0.6) is 11.5 Å². The van der Waals surface area contributed by atoms with Crippen molar-refractivity contribution in [2.45, 2.75) is 44.0 Å². The molecule has 5 rings (SSSR count). The Morgan fingerprint density at radius 2 is 1.82 bits per heavy atom. The number of hydrogen-bond acceptors (Lipinski definition) is 8. The minimum Gasteiger partial charge on any atom is -0.496 e. The van der Waals surface area contributed by atoms with Crippen molar-refractivity contribution in [1.29, 1.82) is 0 Å². The van der Waals surface area contributed by atoms with Gasteiger partial charge in [-0.15, -0.1) is 11.3 Å². The lowest BCUT2D eigenvalue weighted by Gasteiger charge is -2.31. The SMILES string of the molecule is COc1cccc(OC)c1C1CC(c2csc(C3CCN(C(=O)Cn4cc(C(F)(F)F)ccc4=O)CC3)n2)=NO1. The molecule has 2 aliphatic rings. The van der Waals surface area contributed by atoms with Crippen LogP contribution in [0.3, 0.4) is 0 Å². The van der Waals surface area contributed by atoms with E-state index in [1.54, 1.807) is 19.1 Å². The molecule has 0 bridgehead atoms. The first-order chi connectivity index (χ1) is 19.2. The van der Waals surface area contributed by atoms with Gasteiger partial charge in [-0.2, -0.15) is 13.2 Å². The molecule has 0 radical (unpaired) electrons. The summed E-state index contributed by atoms with van der Waals surface area (Å²) in [6.45, 7) is 0.407. The fraction of sp³-hybridized carbons (Fsp3) is 0.407. The van der Waals surface area contributed by atoms with Crippen LogP contribution >= 0.6 is 11.3 Å². The molecule has 1 unspecified atom stereocenters. The van der Waals surface area contributed by atoms with Gasteiger partial charge in [0, 0.05) is 43.1 Å². The standard InChI is InChI=1S/C27H27F3N4O5S/c1-37-20-4-3-5-21(38-2)25(20)22-12-18(32-39-22)19-15-40-26(31-19)16-8-10-33(11-9-16)24(36)14-34-13-17(27(28,29)30)6-7-23(34)35/h3-7,13,15-16,22H,8-12,14H2,1-2H3. The quantitative estimate of drug-likeness (QED) is 0.408. The molecule has 0 saturated carbocycles. The Labute approximate surface area is 231 Å². The van der Waals surface area contributed by atoms with Crippen LogP contribution in [0.4, 0.5) is 13.2 Å². The van der Waals surface area contributed by atoms with Crippen molar-refractivity contribution in [3.63, 3.8) is 0 Å². The number of nitrogens with zero attached hydrogens (tertiary/aromatic N) is 4. The second kappa shape index (κ2) is 11.3. The van der Waals surface area contributed by atoms with Crippen LogP contribution in [0.15, 0.2) is 51.9 Å². The number of piperidine rings is 1. The van der Waals surface area contributed by atoms with E-state index in [-0.39, 0.29) is 12.0 Å². The minimum absolute atomic E-state index is 0.132. The third kappa shape index (κ3) is 5.69. The van der Waals surface area contributed by atoms with Crippen LogP contribution in [0.2, 0.25) is 0 Å². The minimum atomic E-state index is -4.60. The van der Waals surface area contributed by atoms with Gasteiger partial charge >= 0.3 is 6.18 Å². The molecule has 212 valence electrons. The fourth-order valence-corrected chi connectivity index (χ4v) is 5.93. The van der Waals surface area contributed by atoms with Crippen molar-refractivity contribution < 1.29 is 32.3 Å². The Kier molecular flexibility index (Phi) is 7.83. The number of oxime groups is 1. The Bertz CT molecular complexity index is 1460. The molecule has 3 aromatic rings. The van der Waals surface area contributed by atoms with E-state index < -0.39 is 29.8 Å². The molecule has 0 N–H and O–H groups in total. The van der Waals surface area contributed by atoms with E-state index in [0.29, 0.717) is 50.0 Å². The average molecular weight is 577 g/mol. The molecule has 0 aliphatic carbocycles. The summed E-state index contributed by atoms with van der Waals surface area (Å²) in [5.74, 6) is 1.04. The number of aromatic nitrogens is 2. The molecule has 1 saturated heterocycles. The molecule has 1 aromatic carbocycles. The van der Waals surface area contributed by atoms with Crippen molar-refractivity contribution in [1.82, 2.24) is 14.5 Å². The maximum absolute atomic E-state index is 13.0. The Hall–Kier alpha value is -3.87. The molecule has 1 fully saturated rings. The number of hydrogen-bond donors (Lipinski definition) is 0. The molecule has 1 atom stereocenters. The molecular weight excluding hydrogens is 549 g/mol. The van der Waals surface area contributed by atoms with Crippen LogP contribution in [0.1, 0.15) is 53.1 Å². The highest BCUT2D eigenvalue weighted by atomic mass is 32.1. The lowest BCUT2D eigenvalue weighted by molar-refractivity contribution is -0.139. The summed E-state index contributed by atoms with van der Waals surface area (Å²) in [6, 6.07) is 7.08. The van der Waals surface area contributed by atoms with E-state index in [2.05, 4.69) is 5.16 Å². The molecule has 40 heavy (non-hydrogen) atoms. The average Bonchev–Trinajstić information content (AvgIpc) is 3.63. The van der Waals surface area contributed by atoms with Crippen LogP contribution in [0.25, 0.3) is 0 Å². The number of benzene rings is 1. The van der Waals surface area contributed by atoms with Crippen molar-refractivity contribution in [3.8, 4) is 11.5 Å². The zero-order valence-electron chi connectivity index (χ0n) is 21.8. The van der Waals surface area contributed by atoms with Gasteiger partial charge in [0.25, 0.3) is 5.56 Å². The number of ether oxygens (including phenoxy) is 2. The van der Waals surface area contributed by atoms with Crippen LogP contribution in [-0.4, -0.2) is 53.4 Å². The molecule has 1 amide bonds. The number of alkyl halides is 3. The number of methoxy groups -OCH3 is 2. The number of amides is 1. The smallest absolute Gasteiger partial charge is 0.417 e. The zero-order chi connectivity index (χ0) is 28.4. The number of carbonyl (C=O) groups is 1. The van der Waals surface area contributed by atoms with Gasteiger partial charge in [-0.05, 0) is 31.0 Å². The molecular formula is C27H27F3N4O5S. The van der Waals surface area contributed by atoms with Gasteiger partial charge < -0.3 is 23.8 Å². The molecule has 2 aliphatic heterocycles. The summed E-state index contributed by atoms with van der Waals surface area (Å²) in [6.07, 6.45) is -2.47. The van der Waals surface area contributed by atoms with E-state index in [1.165, 1.54) is 11.3 Å². The van der Waals surface area contributed by atoms with Crippen molar-refractivity contribution >= 4 is 23.0 Å². The summed E-state index contributed by atoms with van der Waals surface area (Å²) in [7, 11) is 3.18. The van der Waals surface area contributed by atoms with Gasteiger partial charge in [-0.1, -0.05) is 11.2 Å². The molecule has 4 heterocycles. The third-order valence-electron chi connectivity index (χ3n) is 7.09. The topological polar surface area (TPSA) is 95.2 Å². The highest BCUT2D eigenvalue weighted by Gasteiger charge is 2.33. The highest BCUT2D eigenvalue weighted by Crippen LogP contribution is 2.41. The number of carbonyl (C=O) groups excluding carboxylic acids is 1.